The highest BCUT2D eigenvalue weighted by Crippen LogP contribution is 2.24. The van der Waals surface area contributed by atoms with Crippen molar-refractivity contribution in [3.05, 3.63) is 28.8 Å². The molecule has 0 amide bonds. The van der Waals surface area contributed by atoms with Crippen LogP contribution in [0.2, 0.25) is 0 Å². The van der Waals surface area contributed by atoms with E-state index in [9.17, 15) is 9.90 Å². The first-order valence-electron chi connectivity index (χ1n) is 4.40. The average molecular weight is 178 g/mol. The molecule has 2 nitrogen and oxygen atoms in total. The van der Waals surface area contributed by atoms with Gasteiger partial charge in [-0.2, -0.15) is 0 Å². The van der Waals surface area contributed by atoms with Gasteiger partial charge in [0, 0.05) is 5.56 Å². The molecule has 0 spiro atoms. The average Bonchev–Trinajstić information content (AvgIpc) is 2.04. The summed E-state index contributed by atoms with van der Waals surface area (Å²) in [7, 11) is 0. The molecule has 0 aliphatic heterocycles. The lowest BCUT2D eigenvalue weighted by Gasteiger charge is -2.09. The molecule has 1 aromatic carbocycles. The summed E-state index contributed by atoms with van der Waals surface area (Å²) < 4.78 is 0. The molecule has 1 rings (SSSR count). The summed E-state index contributed by atoms with van der Waals surface area (Å²) in [5.41, 5.74) is 2.47. The van der Waals surface area contributed by atoms with Crippen molar-refractivity contribution in [1.29, 1.82) is 0 Å². The molecule has 13 heavy (non-hydrogen) atoms. The number of carbonyl (C=O) groups excluding carboxylic acids is 1. The minimum atomic E-state index is 0.0483. The number of phenolic OH excluding ortho intramolecular Hbond substituents is 1. The van der Waals surface area contributed by atoms with E-state index in [0.29, 0.717) is 5.56 Å². The first-order valence-corrected chi connectivity index (χ1v) is 4.40. The van der Waals surface area contributed by atoms with E-state index >= 15 is 0 Å². The van der Waals surface area contributed by atoms with Crippen molar-refractivity contribution in [3.63, 3.8) is 0 Å². The molecular weight excluding hydrogens is 164 g/mol. The summed E-state index contributed by atoms with van der Waals surface area (Å²) in [6, 6.07) is 3.26. The first kappa shape index (κ1) is 9.78. The van der Waals surface area contributed by atoms with Crippen LogP contribution in [0.5, 0.6) is 5.75 Å². The fraction of sp³-hybridized carbons (Fsp3) is 0.364. The number of phenols is 1. The molecule has 0 saturated heterocycles. The van der Waals surface area contributed by atoms with Gasteiger partial charge in [0.25, 0.3) is 0 Å². The molecule has 0 radical (unpaired) electrons. The van der Waals surface area contributed by atoms with Crippen molar-refractivity contribution in [1.82, 2.24) is 0 Å². The Labute approximate surface area is 78.2 Å². The van der Waals surface area contributed by atoms with Crippen molar-refractivity contribution in [3.8, 4) is 5.75 Å². The summed E-state index contributed by atoms with van der Waals surface area (Å²) >= 11 is 0. The number of Topliss-reactive ketones (excluding diaryl/α,β-unsaturated/α-hetero) is 1. The molecule has 2 heteroatoms. The zero-order valence-electron chi connectivity index (χ0n) is 8.22. The molecular formula is C11H14O2. The Morgan fingerprint density at radius 1 is 1.46 bits per heavy atom. The SMILES string of the molecule is CCc1c(O)ccc(C(C)=O)c1C. The standard InChI is InChI=1S/C11H14O2/c1-4-9-7(2)10(8(3)12)5-6-11(9)13/h5-6,13H,4H2,1-3H3. The second-order valence-corrected chi connectivity index (χ2v) is 3.15. The van der Waals surface area contributed by atoms with Gasteiger partial charge in [-0.3, -0.25) is 4.79 Å². The van der Waals surface area contributed by atoms with Crippen molar-refractivity contribution in [2.24, 2.45) is 0 Å². The lowest BCUT2D eigenvalue weighted by Crippen LogP contribution is -1.99. The van der Waals surface area contributed by atoms with Crippen LogP contribution in [0.3, 0.4) is 0 Å². The van der Waals surface area contributed by atoms with Crippen molar-refractivity contribution in [2.45, 2.75) is 27.2 Å². The third kappa shape index (κ3) is 1.72. The van der Waals surface area contributed by atoms with Gasteiger partial charge in [0.05, 0.1) is 0 Å². The highest BCUT2D eigenvalue weighted by atomic mass is 16.3. The van der Waals surface area contributed by atoms with Crippen LogP contribution in [-0.4, -0.2) is 10.9 Å². The van der Waals surface area contributed by atoms with E-state index in [4.69, 9.17) is 0 Å². The van der Waals surface area contributed by atoms with Crippen molar-refractivity contribution >= 4 is 5.78 Å². The van der Waals surface area contributed by atoms with E-state index in [1.165, 1.54) is 0 Å². The van der Waals surface area contributed by atoms with Gasteiger partial charge in [0.15, 0.2) is 5.78 Å². The molecule has 0 saturated carbocycles. The van der Waals surface area contributed by atoms with E-state index in [0.717, 1.165) is 17.5 Å². The van der Waals surface area contributed by atoms with Crippen LogP contribution in [-0.2, 0) is 6.42 Å². The van der Waals surface area contributed by atoms with Crippen LogP contribution >= 0.6 is 0 Å². The smallest absolute Gasteiger partial charge is 0.160 e. The van der Waals surface area contributed by atoms with Gasteiger partial charge in [-0.05, 0) is 43.5 Å². The minimum absolute atomic E-state index is 0.0483. The molecule has 70 valence electrons. The number of benzene rings is 1. The Bertz CT molecular complexity index is 340. The quantitative estimate of drug-likeness (QED) is 0.706. The number of hydrogen-bond donors (Lipinski definition) is 1. The van der Waals surface area contributed by atoms with E-state index in [-0.39, 0.29) is 11.5 Å². The molecule has 0 aliphatic rings. The molecule has 0 unspecified atom stereocenters. The Hall–Kier alpha value is -1.31. The predicted octanol–water partition coefficient (Wildman–Crippen LogP) is 2.47. The zero-order valence-corrected chi connectivity index (χ0v) is 8.22. The van der Waals surface area contributed by atoms with E-state index in [1.807, 2.05) is 13.8 Å². The summed E-state index contributed by atoms with van der Waals surface area (Å²) in [5.74, 6) is 0.331. The van der Waals surface area contributed by atoms with Gasteiger partial charge in [-0.15, -0.1) is 0 Å². The van der Waals surface area contributed by atoms with Crippen LogP contribution in [0.25, 0.3) is 0 Å². The molecule has 0 aromatic heterocycles. The van der Waals surface area contributed by atoms with E-state index in [1.54, 1.807) is 19.1 Å². The first-order chi connectivity index (χ1) is 6.07. The normalized spacial score (nSPS) is 10.1. The van der Waals surface area contributed by atoms with Crippen LogP contribution in [0.1, 0.15) is 35.3 Å². The highest BCUT2D eigenvalue weighted by molar-refractivity contribution is 5.96. The van der Waals surface area contributed by atoms with E-state index < -0.39 is 0 Å². The lowest BCUT2D eigenvalue weighted by atomic mass is 9.97. The molecule has 1 aromatic rings. The van der Waals surface area contributed by atoms with Crippen molar-refractivity contribution < 1.29 is 9.90 Å². The highest BCUT2D eigenvalue weighted by Gasteiger charge is 2.09. The van der Waals surface area contributed by atoms with Gasteiger partial charge in [0.2, 0.25) is 0 Å². The van der Waals surface area contributed by atoms with Crippen LogP contribution in [0.4, 0.5) is 0 Å². The fourth-order valence-electron chi connectivity index (χ4n) is 1.57. The van der Waals surface area contributed by atoms with Crippen LogP contribution < -0.4 is 0 Å². The molecule has 0 atom stereocenters. The monoisotopic (exact) mass is 178 g/mol. The summed E-state index contributed by atoms with van der Waals surface area (Å²) in [6.07, 6.45) is 0.749. The number of ketones is 1. The zero-order chi connectivity index (χ0) is 10.0. The molecule has 1 N–H and O–H groups in total. The number of rotatable bonds is 2. The maximum atomic E-state index is 11.2. The van der Waals surface area contributed by atoms with Crippen LogP contribution in [0.15, 0.2) is 12.1 Å². The minimum Gasteiger partial charge on any atom is -0.508 e. The van der Waals surface area contributed by atoms with Gasteiger partial charge in [0.1, 0.15) is 5.75 Å². The lowest BCUT2D eigenvalue weighted by molar-refractivity contribution is 0.101. The third-order valence-electron chi connectivity index (χ3n) is 2.31. The summed E-state index contributed by atoms with van der Waals surface area (Å²) in [5, 5.41) is 9.49. The fourth-order valence-corrected chi connectivity index (χ4v) is 1.57. The molecule has 0 fully saturated rings. The number of aromatic hydroxyl groups is 1. The Morgan fingerprint density at radius 3 is 2.54 bits per heavy atom. The van der Waals surface area contributed by atoms with Crippen molar-refractivity contribution in [2.75, 3.05) is 0 Å². The topological polar surface area (TPSA) is 37.3 Å². The summed E-state index contributed by atoms with van der Waals surface area (Å²) in [6.45, 7) is 5.38. The van der Waals surface area contributed by atoms with Gasteiger partial charge < -0.3 is 5.11 Å². The molecule has 0 bridgehead atoms. The Kier molecular flexibility index (Phi) is 2.71. The molecule has 0 heterocycles. The number of hydrogen-bond acceptors (Lipinski definition) is 2. The maximum absolute atomic E-state index is 11.2. The van der Waals surface area contributed by atoms with Crippen LogP contribution in [0, 0.1) is 6.92 Å². The Balaban J connectivity index is 3.35. The van der Waals surface area contributed by atoms with Gasteiger partial charge in [-0.25, -0.2) is 0 Å². The summed E-state index contributed by atoms with van der Waals surface area (Å²) in [4.78, 5) is 11.2. The third-order valence-corrected chi connectivity index (χ3v) is 2.31. The van der Waals surface area contributed by atoms with Gasteiger partial charge in [-0.1, -0.05) is 6.92 Å². The number of carbonyl (C=O) groups is 1. The second-order valence-electron chi connectivity index (χ2n) is 3.15. The van der Waals surface area contributed by atoms with Gasteiger partial charge >= 0.3 is 0 Å². The predicted molar refractivity (Wildman–Crippen MR) is 52.2 cm³/mol. The maximum Gasteiger partial charge on any atom is 0.160 e. The Morgan fingerprint density at radius 2 is 2.08 bits per heavy atom. The molecule has 0 aliphatic carbocycles. The largest absolute Gasteiger partial charge is 0.508 e. The van der Waals surface area contributed by atoms with E-state index in [2.05, 4.69) is 0 Å². The second kappa shape index (κ2) is 3.60.